The van der Waals surface area contributed by atoms with Gasteiger partial charge in [-0.2, -0.15) is 0 Å². The Balaban J connectivity index is 0.00000312. The Morgan fingerprint density at radius 2 is 1.72 bits per heavy atom. The highest BCUT2D eigenvalue weighted by atomic mass is 35.5. The average Bonchev–Trinajstić information content (AvgIpc) is 2.60. The van der Waals surface area contributed by atoms with Crippen molar-refractivity contribution in [3.63, 3.8) is 0 Å². The number of hydrogen-bond acceptors (Lipinski definition) is 3. The van der Waals surface area contributed by atoms with Gasteiger partial charge >= 0.3 is 0 Å². The van der Waals surface area contributed by atoms with Crippen LogP contribution in [0.15, 0.2) is 48.5 Å². The molecule has 2 aromatic carbocycles. The number of ether oxygens (including phenoxy) is 1. The van der Waals surface area contributed by atoms with Gasteiger partial charge < -0.3 is 15.4 Å². The molecule has 0 saturated heterocycles. The lowest BCUT2D eigenvalue weighted by Crippen LogP contribution is -2.36. The second-order valence-corrected chi connectivity index (χ2v) is 6.07. The first-order chi connectivity index (χ1) is 11.5. The van der Waals surface area contributed by atoms with Gasteiger partial charge in [-0.1, -0.05) is 36.4 Å². The van der Waals surface area contributed by atoms with Gasteiger partial charge in [0.15, 0.2) is 0 Å². The van der Waals surface area contributed by atoms with Crippen LogP contribution < -0.4 is 10.5 Å². The monoisotopic (exact) mass is 362 g/mol. The quantitative estimate of drug-likeness (QED) is 0.764. The lowest BCUT2D eigenvalue weighted by atomic mass is 10.0. The van der Waals surface area contributed by atoms with Crippen molar-refractivity contribution in [1.82, 2.24) is 4.90 Å². The fourth-order valence-corrected chi connectivity index (χ4v) is 2.75. The molecular weight excluding hydrogens is 336 g/mol. The number of benzene rings is 2. The standard InChI is InChI=1S/C20H26N2O2.ClH/c1-15(14-17-9-5-7-11-19(17)24-3)22(2)20(23)13-12-16-8-4-6-10-18(16)21;/h4-11,15H,12-14,21H2,1-3H3;1H. The number of hydrogen-bond donors (Lipinski definition) is 1. The fourth-order valence-electron chi connectivity index (χ4n) is 2.75. The van der Waals surface area contributed by atoms with Crippen LogP contribution in [-0.2, 0) is 17.6 Å². The number of carbonyl (C=O) groups is 1. The predicted octanol–water partition coefficient (Wildman–Crippen LogP) is 3.72. The molecule has 1 atom stereocenters. The van der Waals surface area contributed by atoms with Crippen LogP contribution in [0, 0.1) is 0 Å². The van der Waals surface area contributed by atoms with Crippen molar-refractivity contribution in [2.45, 2.75) is 32.2 Å². The van der Waals surface area contributed by atoms with Crippen molar-refractivity contribution < 1.29 is 9.53 Å². The molecule has 0 aliphatic carbocycles. The maximum absolute atomic E-state index is 12.5. The number of anilines is 1. The van der Waals surface area contributed by atoms with E-state index in [9.17, 15) is 4.79 Å². The first-order valence-corrected chi connectivity index (χ1v) is 8.24. The molecule has 0 spiro atoms. The van der Waals surface area contributed by atoms with Gasteiger partial charge in [-0.25, -0.2) is 0 Å². The molecule has 0 bridgehead atoms. The number of nitrogens with zero attached hydrogens (tertiary/aromatic N) is 1. The summed E-state index contributed by atoms with van der Waals surface area (Å²) in [6.07, 6.45) is 1.89. The van der Waals surface area contributed by atoms with Crippen LogP contribution in [0.5, 0.6) is 5.75 Å². The van der Waals surface area contributed by atoms with E-state index in [4.69, 9.17) is 10.5 Å². The average molecular weight is 363 g/mol. The van der Waals surface area contributed by atoms with Gasteiger partial charge in [-0.15, -0.1) is 12.4 Å². The molecule has 0 aliphatic heterocycles. The van der Waals surface area contributed by atoms with Crippen molar-refractivity contribution in [1.29, 1.82) is 0 Å². The number of amides is 1. The summed E-state index contributed by atoms with van der Waals surface area (Å²) in [5.41, 5.74) is 8.82. The van der Waals surface area contributed by atoms with E-state index in [1.807, 2.05) is 60.5 Å². The van der Waals surface area contributed by atoms with E-state index >= 15 is 0 Å². The Morgan fingerprint density at radius 1 is 1.12 bits per heavy atom. The molecule has 0 aromatic heterocycles. The summed E-state index contributed by atoms with van der Waals surface area (Å²) in [4.78, 5) is 14.3. The molecule has 0 radical (unpaired) electrons. The fraction of sp³-hybridized carbons (Fsp3) is 0.350. The number of aryl methyl sites for hydroxylation is 1. The van der Waals surface area contributed by atoms with Gasteiger partial charge in [0, 0.05) is 25.2 Å². The van der Waals surface area contributed by atoms with Gasteiger partial charge in [0.1, 0.15) is 5.75 Å². The molecule has 2 N–H and O–H groups in total. The summed E-state index contributed by atoms with van der Waals surface area (Å²) >= 11 is 0. The number of nitrogen functional groups attached to an aromatic ring is 1. The first kappa shape index (κ1) is 20.8. The van der Waals surface area contributed by atoms with Crippen LogP contribution in [0.4, 0.5) is 5.69 Å². The lowest BCUT2D eigenvalue weighted by Gasteiger charge is -2.26. The van der Waals surface area contributed by atoms with Crippen LogP contribution in [0.1, 0.15) is 24.5 Å². The highest BCUT2D eigenvalue weighted by Gasteiger charge is 2.17. The Kier molecular flexibility index (Phi) is 8.29. The zero-order valence-electron chi connectivity index (χ0n) is 15.1. The Hall–Kier alpha value is -2.20. The number of nitrogens with two attached hydrogens (primary N) is 1. The van der Waals surface area contributed by atoms with E-state index < -0.39 is 0 Å². The minimum atomic E-state index is 0. The molecule has 25 heavy (non-hydrogen) atoms. The number of likely N-dealkylation sites (N-methyl/N-ethyl adjacent to an activating group) is 1. The molecule has 0 aliphatic rings. The second kappa shape index (κ2) is 9.94. The van der Waals surface area contributed by atoms with E-state index in [2.05, 4.69) is 6.92 Å². The highest BCUT2D eigenvalue weighted by molar-refractivity contribution is 5.85. The summed E-state index contributed by atoms with van der Waals surface area (Å²) in [5.74, 6) is 0.989. The molecule has 4 nitrogen and oxygen atoms in total. The van der Waals surface area contributed by atoms with Gasteiger partial charge in [0.25, 0.3) is 0 Å². The normalized spacial score (nSPS) is 11.3. The molecule has 136 valence electrons. The molecule has 1 unspecified atom stereocenters. The number of para-hydroxylation sites is 2. The van der Waals surface area contributed by atoms with Gasteiger partial charge in [0.2, 0.25) is 5.91 Å². The van der Waals surface area contributed by atoms with Crippen LogP contribution in [0.2, 0.25) is 0 Å². The molecular formula is C20H27ClN2O2. The molecule has 1 amide bonds. The zero-order chi connectivity index (χ0) is 17.5. The molecule has 0 fully saturated rings. The van der Waals surface area contributed by atoms with Gasteiger partial charge in [-0.05, 0) is 43.0 Å². The number of halogens is 1. The molecule has 0 saturated carbocycles. The zero-order valence-corrected chi connectivity index (χ0v) is 15.9. The SMILES string of the molecule is COc1ccccc1CC(C)N(C)C(=O)CCc1ccccc1N.Cl. The van der Waals surface area contributed by atoms with Crippen LogP contribution in [-0.4, -0.2) is 31.0 Å². The van der Waals surface area contributed by atoms with E-state index in [0.717, 1.165) is 29.0 Å². The molecule has 5 heteroatoms. The number of methoxy groups -OCH3 is 1. The summed E-state index contributed by atoms with van der Waals surface area (Å²) in [6.45, 7) is 2.06. The van der Waals surface area contributed by atoms with Gasteiger partial charge in [-0.3, -0.25) is 4.79 Å². The van der Waals surface area contributed by atoms with Crippen LogP contribution in [0.25, 0.3) is 0 Å². The third kappa shape index (κ3) is 5.68. The predicted molar refractivity (Wildman–Crippen MR) is 105 cm³/mol. The largest absolute Gasteiger partial charge is 0.496 e. The van der Waals surface area contributed by atoms with Crippen LogP contribution in [0.3, 0.4) is 0 Å². The van der Waals surface area contributed by atoms with Crippen molar-refractivity contribution in [2.24, 2.45) is 0 Å². The maximum Gasteiger partial charge on any atom is 0.222 e. The summed E-state index contributed by atoms with van der Waals surface area (Å²) in [5, 5.41) is 0. The van der Waals surface area contributed by atoms with Crippen molar-refractivity contribution in [3.8, 4) is 5.75 Å². The van der Waals surface area contributed by atoms with Gasteiger partial charge in [0.05, 0.1) is 7.11 Å². The van der Waals surface area contributed by atoms with Crippen LogP contribution >= 0.6 is 12.4 Å². The summed E-state index contributed by atoms with van der Waals surface area (Å²) < 4.78 is 5.39. The minimum absolute atomic E-state index is 0. The Bertz CT molecular complexity index is 691. The highest BCUT2D eigenvalue weighted by Crippen LogP contribution is 2.21. The lowest BCUT2D eigenvalue weighted by molar-refractivity contribution is -0.131. The van der Waals surface area contributed by atoms with E-state index in [-0.39, 0.29) is 24.4 Å². The van der Waals surface area contributed by atoms with Crippen molar-refractivity contribution in [2.75, 3.05) is 19.9 Å². The molecule has 2 aromatic rings. The third-order valence-corrected chi connectivity index (χ3v) is 4.43. The van der Waals surface area contributed by atoms with E-state index in [1.54, 1.807) is 7.11 Å². The summed E-state index contributed by atoms with van der Waals surface area (Å²) in [6, 6.07) is 15.7. The third-order valence-electron chi connectivity index (χ3n) is 4.43. The van der Waals surface area contributed by atoms with Crippen molar-refractivity contribution >= 4 is 24.0 Å². The Labute approximate surface area is 156 Å². The topological polar surface area (TPSA) is 55.6 Å². The molecule has 0 heterocycles. The first-order valence-electron chi connectivity index (χ1n) is 8.24. The number of rotatable bonds is 7. The number of carbonyl (C=O) groups excluding carboxylic acids is 1. The second-order valence-electron chi connectivity index (χ2n) is 6.07. The van der Waals surface area contributed by atoms with Crippen molar-refractivity contribution in [3.05, 3.63) is 59.7 Å². The summed E-state index contributed by atoms with van der Waals surface area (Å²) in [7, 11) is 3.53. The minimum Gasteiger partial charge on any atom is -0.496 e. The maximum atomic E-state index is 12.5. The Morgan fingerprint density at radius 3 is 2.36 bits per heavy atom. The molecule has 2 rings (SSSR count). The van der Waals surface area contributed by atoms with E-state index in [0.29, 0.717) is 12.8 Å². The smallest absolute Gasteiger partial charge is 0.222 e. The van der Waals surface area contributed by atoms with E-state index in [1.165, 1.54) is 0 Å².